The Bertz CT molecular complexity index is 644. The number of rotatable bonds is 4. The number of hydrogen-bond acceptors (Lipinski definition) is 2. The van der Waals surface area contributed by atoms with Crippen LogP contribution < -0.4 is 10.1 Å². The van der Waals surface area contributed by atoms with Gasteiger partial charge in [-0.05, 0) is 42.5 Å². The van der Waals surface area contributed by atoms with E-state index < -0.39 is 5.82 Å². The van der Waals surface area contributed by atoms with Crippen LogP contribution in [0.3, 0.4) is 0 Å². The predicted molar refractivity (Wildman–Crippen MR) is 75.1 cm³/mol. The number of carbonyl (C=O) groups excluding carboxylic acids is 1. The molecule has 1 N–H and O–H groups in total. The third kappa shape index (κ3) is 3.59. The largest absolute Gasteiger partial charge is 0.481 e. The number of halogens is 1. The molecular formula is C16H12FNO2. The summed E-state index contributed by atoms with van der Waals surface area (Å²) in [5.74, 6) is 2.22. The third-order valence-corrected chi connectivity index (χ3v) is 2.52. The molecule has 0 unspecified atom stereocenters. The minimum atomic E-state index is -0.402. The van der Waals surface area contributed by atoms with E-state index in [2.05, 4.69) is 11.2 Å². The lowest BCUT2D eigenvalue weighted by Gasteiger charge is -2.06. The summed E-state index contributed by atoms with van der Waals surface area (Å²) in [6, 6.07) is 12.2. The predicted octanol–water partition coefficient (Wildman–Crippen LogP) is 3.09. The summed E-state index contributed by atoms with van der Waals surface area (Å²) in [7, 11) is 0. The van der Waals surface area contributed by atoms with E-state index in [1.165, 1.54) is 18.2 Å². The van der Waals surface area contributed by atoms with E-state index in [1.807, 2.05) is 0 Å². The molecule has 0 aliphatic heterocycles. The summed E-state index contributed by atoms with van der Waals surface area (Å²) in [4.78, 5) is 11.9. The van der Waals surface area contributed by atoms with Crippen LogP contribution >= 0.6 is 0 Å². The summed E-state index contributed by atoms with van der Waals surface area (Å²) < 4.78 is 18.2. The molecule has 0 atom stereocenters. The highest BCUT2D eigenvalue weighted by Gasteiger charge is 2.06. The number of terminal acetylenes is 1. The molecule has 0 bridgehead atoms. The number of amides is 1. The summed E-state index contributed by atoms with van der Waals surface area (Å²) in [5, 5.41) is 2.61. The van der Waals surface area contributed by atoms with Gasteiger partial charge in [0.25, 0.3) is 5.91 Å². The fourth-order valence-electron chi connectivity index (χ4n) is 1.60. The van der Waals surface area contributed by atoms with Gasteiger partial charge in [0.05, 0.1) is 0 Å². The quantitative estimate of drug-likeness (QED) is 0.866. The number of hydrogen-bond donors (Lipinski definition) is 1. The number of carbonyl (C=O) groups is 1. The smallest absolute Gasteiger partial charge is 0.255 e. The molecule has 0 saturated heterocycles. The molecule has 0 aliphatic rings. The first-order chi connectivity index (χ1) is 9.69. The van der Waals surface area contributed by atoms with E-state index in [4.69, 9.17) is 11.2 Å². The molecule has 0 fully saturated rings. The first-order valence-electron chi connectivity index (χ1n) is 5.92. The average Bonchev–Trinajstić information content (AvgIpc) is 2.45. The van der Waals surface area contributed by atoms with Crippen molar-refractivity contribution >= 4 is 11.6 Å². The zero-order valence-corrected chi connectivity index (χ0v) is 10.6. The fourth-order valence-corrected chi connectivity index (χ4v) is 1.60. The standard InChI is InChI=1S/C16H12FNO2/c1-2-10-20-15-8-6-12(7-9-15)16(19)18-14-5-3-4-13(17)11-14/h1,3-9,11H,10H2,(H,18,19). The summed E-state index contributed by atoms with van der Waals surface area (Å²) in [6.45, 7) is 0.175. The number of anilines is 1. The minimum Gasteiger partial charge on any atom is -0.481 e. The van der Waals surface area contributed by atoms with Crippen LogP contribution in [0.2, 0.25) is 0 Å². The topological polar surface area (TPSA) is 38.3 Å². The van der Waals surface area contributed by atoms with Gasteiger partial charge in [0.15, 0.2) is 0 Å². The molecule has 100 valence electrons. The Morgan fingerprint density at radius 3 is 2.65 bits per heavy atom. The van der Waals surface area contributed by atoms with Crippen molar-refractivity contribution in [3.8, 4) is 18.1 Å². The van der Waals surface area contributed by atoms with Crippen molar-refractivity contribution < 1.29 is 13.9 Å². The lowest BCUT2D eigenvalue weighted by molar-refractivity contribution is 0.102. The number of benzene rings is 2. The van der Waals surface area contributed by atoms with Crippen LogP contribution in [0.25, 0.3) is 0 Å². The zero-order chi connectivity index (χ0) is 14.4. The molecule has 0 saturated carbocycles. The summed E-state index contributed by atoms with van der Waals surface area (Å²) in [6.07, 6.45) is 5.08. The second kappa shape index (κ2) is 6.39. The van der Waals surface area contributed by atoms with Gasteiger partial charge in [-0.2, -0.15) is 0 Å². The van der Waals surface area contributed by atoms with Gasteiger partial charge in [-0.3, -0.25) is 4.79 Å². The molecule has 0 radical (unpaired) electrons. The molecule has 3 nitrogen and oxygen atoms in total. The SMILES string of the molecule is C#CCOc1ccc(C(=O)Nc2cccc(F)c2)cc1. The lowest BCUT2D eigenvalue weighted by atomic mass is 10.2. The Labute approximate surface area is 116 Å². The maximum absolute atomic E-state index is 13.0. The lowest BCUT2D eigenvalue weighted by Crippen LogP contribution is -2.11. The van der Waals surface area contributed by atoms with Gasteiger partial charge in [-0.15, -0.1) is 6.42 Å². The Hall–Kier alpha value is -2.80. The summed E-state index contributed by atoms with van der Waals surface area (Å²) >= 11 is 0. The highest BCUT2D eigenvalue weighted by molar-refractivity contribution is 6.04. The number of ether oxygens (including phenoxy) is 1. The zero-order valence-electron chi connectivity index (χ0n) is 10.6. The highest BCUT2D eigenvalue weighted by atomic mass is 19.1. The van der Waals surface area contributed by atoms with Gasteiger partial charge in [-0.1, -0.05) is 12.0 Å². The first-order valence-corrected chi connectivity index (χ1v) is 5.92. The van der Waals surface area contributed by atoms with Crippen LogP contribution in [0.15, 0.2) is 48.5 Å². The first kappa shape index (κ1) is 13.6. The van der Waals surface area contributed by atoms with Gasteiger partial charge < -0.3 is 10.1 Å². The van der Waals surface area contributed by atoms with Crippen LogP contribution in [-0.2, 0) is 0 Å². The number of nitrogens with one attached hydrogen (secondary N) is 1. The normalized spacial score (nSPS) is 9.60. The van der Waals surface area contributed by atoms with E-state index in [-0.39, 0.29) is 12.5 Å². The van der Waals surface area contributed by atoms with Crippen molar-refractivity contribution in [1.29, 1.82) is 0 Å². The van der Waals surface area contributed by atoms with Crippen LogP contribution in [0, 0.1) is 18.2 Å². The van der Waals surface area contributed by atoms with Crippen molar-refractivity contribution in [3.05, 3.63) is 59.9 Å². The average molecular weight is 269 g/mol. The molecule has 4 heteroatoms. The molecule has 2 aromatic carbocycles. The van der Waals surface area contributed by atoms with Crippen molar-refractivity contribution in [2.45, 2.75) is 0 Å². The van der Waals surface area contributed by atoms with E-state index >= 15 is 0 Å². The molecule has 0 heterocycles. The molecule has 2 rings (SSSR count). The fraction of sp³-hybridized carbons (Fsp3) is 0.0625. The molecule has 0 spiro atoms. The molecule has 2 aromatic rings. The maximum atomic E-state index is 13.0. The molecule has 0 aliphatic carbocycles. The van der Waals surface area contributed by atoms with Crippen LogP contribution in [0.1, 0.15) is 10.4 Å². The Balaban J connectivity index is 2.04. The molecule has 0 aromatic heterocycles. The molecule has 20 heavy (non-hydrogen) atoms. The van der Waals surface area contributed by atoms with E-state index in [9.17, 15) is 9.18 Å². The Morgan fingerprint density at radius 2 is 2.00 bits per heavy atom. The van der Waals surface area contributed by atoms with Crippen molar-refractivity contribution in [2.75, 3.05) is 11.9 Å². The van der Waals surface area contributed by atoms with E-state index in [0.717, 1.165) is 0 Å². The second-order valence-electron chi connectivity index (χ2n) is 3.98. The Morgan fingerprint density at radius 1 is 1.25 bits per heavy atom. The second-order valence-corrected chi connectivity index (χ2v) is 3.98. The van der Waals surface area contributed by atoms with Gasteiger partial charge in [0.1, 0.15) is 18.2 Å². The third-order valence-electron chi connectivity index (χ3n) is 2.52. The Kier molecular flexibility index (Phi) is 4.35. The summed E-state index contributed by atoms with van der Waals surface area (Å²) in [5.41, 5.74) is 0.852. The molecule has 1 amide bonds. The van der Waals surface area contributed by atoms with Crippen LogP contribution in [-0.4, -0.2) is 12.5 Å². The van der Waals surface area contributed by atoms with Crippen LogP contribution in [0.4, 0.5) is 10.1 Å². The van der Waals surface area contributed by atoms with Gasteiger partial charge in [0.2, 0.25) is 0 Å². The monoisotopic (exact) mass is 269 g/mol. The van der Waals surface area contributed by atoms with Crippen molar-refractivity contribution in [2.24, 2.45) is 0 Å². The maximum Gasteiger partial charge on any atom is 0.255 e. The van der Waals surface area contributed by atoms with Gasteiger partial charge in [0, 0.05) is 11.3 Å². The molecular weight excluding hydrogens is 257 g/mol. The van der Waals surface area contributed by atoms with Gasteiger partial charge in [-0.25, -0.2) is 4.39 Å². The minimum absolute atomic E-state index is 0.175. The van der Waals surface area contributed by atoms with Crippen molar-refractivity contribution in [3.63, 3.8) is 0 Å². The van der Waals surface area contributed by atoms with Crippen molar-refractivity contribution in [1.82, 2.24) is 0 Å². The van der Waals surface area contributed by atoms with Gasteiger partial charge >= 0.3 is 0 Å². The van der Waals surface area contributed by atoms with Crippen LogP contribution in [0.5, 0.6) is 5.75 Å². The van der Waals surface area contributed by atoms with E-state index in [0.29, 0.717) is 17.0 Å². The van der Waals surface area contributed by atoms with E-state index in [1.54, 1.807) is 30.3 Å². The highest BCUT2D eigenvalue weighted by Crippen LogP contribution is 2.14.